The van der Waals surface area contributed by atoms with Crippen LogP contribution in [0.1, 0.15) is 50.8 Å². The molecule has 4 aliphatic heterocycles. The first-order valence-corrected chi connectivity index (χ1v) is 23.1. The molecule has 17 nitrogen and oxygen atoms in total. The van der Waals surface area contributed by atoms with Crippen molar-refractivity contribution in [3.63, 3.8) is 0 Å². The standard InChI is InChI=1S/C41H55B3N5O12P/c1-6-58-62(54,59-7-2)29-55-22-14-21-46-35(24-30-15-10-8-11-16-30)40(51)41(52,61-39(3,4)60-40)36(25-31-17-12-9-13-18-31)47(38(46)50)26-32-19-20-34-33(23-32)37(45-49(34)42(5)53)48(43-27-56-43)44-28-57-44/h8-13,15-20,23,35-36,51-53H,6-7,14,21-22,24-29H2,1-5H3/t35-,36-,40-,41-/m1/s1. The van der Waals surface area contributed by atoms with Gasteiger partial charge in [0, 0.05) is 25.1 Å². The molecule has 2 amide bonds. The first kappa shape index (κ1) is 44.8. The summed E-state index contributed by atoms with van der Waals surface area (Å²) in [7, 11) is -4.90. The van der Waals surface area contributed by atoms with Gasteiger partial charge in [-0.05, 0) is 82.6 Å². The predicted octanol–water partition coefficient (Wildman–Crippen LogP) is 4.17. The van der Waals surface area contributed by atoms with Crippen LogP contribution in [0.2, 0.25) is 6.82 Å². The zero-order chi connectivity index (χ0) is 43.9. The minimum atomic E-state index is -3.50. The summed E-state index contributed by atoms with van der Waals surface area (Å²) in [4.78, 5) is 18.7. The molecule has 4 aliphatic rings. The highest BCUT2D eigenvalue weighted by molar-refractivity contribution is 7.53. The molecule has 0 aliphatic carbocycles. The highest BCUT2D eigenvalue weighted by Crippen LogP contribution is 2.51. The van der Waals surface area contributed by atoms with Crippen LogP contribution in [-0.4, -0.2) is 137 Å². The number of nitrogens with zero attached hydrogens (tertiary/aromatic N) is 5. The molecule has 0 saturated carbocycles. The van der Waals surface area contributed by atoms with Crippen LogP contribution in [0, 0.1) is 0 Å². The molecular weight excluding hydrogens is 818 g/mol. The maximum atomic E-state index is 15.7. The van der Waals surface area contributed by atoms with E-state index < -0.39 is 50.1 Å². The molecule has 4 saturated heterocycles. The first-order chi connectivity index (χ1) is 29.7. The Balaban J connectivity index is 1.22. The number of benzene rings is 3. The summed E-state index contributed by atoms with van der Waals surface area (Å²) in [6, 6.07) is 21.6. The Bertz CT molecular complexity index is 2220. The Kier molecular flexibility index (Phi) is 13.0. The third-order valence-corrected chi connectivity index (χ3v) is 13.4. The van der Waals surface area contributed by atoms with Crippen molar-refractivity contribution in [2.24, 2.45) is 0 Å². The highest BCUT2D eigenvalue weighted by atomic mass is 31.2. The van der Waals surface area contributed by atoms with Crippen LogP contribution in [0.5, 0.6) is 0 Å². The second-order valence-electron chi connectivity index (χ2n) is 16.6. The summed E-state index contributed by atoms with van der Waals surface area (Å²) in [6.45, 7) is 9.81. The topological polar surface area (TPSA) is 194 Å². The van der Waals surface area contributed by atoms with E-state index in [0.717, 1.165) is 11.1 Å². The fourth-order valence-electron chi connectivity index (χ4n) is 8.81. The van der Waals surface area contributed by atoms with E-state index in [2.05, 4.69) is 0 Å². The highest BCUT2D eigenvalue weighted by Gasteiger charge is 2.73. The van der Waals surface area contributed by atoms with Crippen molar-refractivity contribution in [2.75, 3.05) is 50.4 Å². The molecule has 0 bridgehead atoms. The summed E-state index contributed by atoms with van der Waals surface area (Å²) < 4.78 is 57.7. The van der Waals surface area contributed by atoms with Crippen molar-refractivity contribution in [3.05, 3.63) is 95.6 Å². The fourth-order valence-corrected chi connectivity index (χ4v) is 10.2. The van der Waals surface area contributed by atoms with Crippen molar-refractivity contribution in [1.82, 2.24) is 19.5 Å². The molecule has 4 atom stereocenters. The van der Waals surface area contributed by atoms with E-state index in [1.807, 2.05) is 83.6 Å². The monoisotopic (exact) mass is 873 g/mol. The molecule has 4 fully saturated rings. The van der Waals surface area contributed by atoms with Crippen LogP contribution in [0.25, 0.3) is 10.9 Å². The van der Waals surface area contributed by atoms with Gasteiger partial charge in [0.1, 0.15) is 12.2 Å². The summed E-state index contributed by atoms with van der Waals surface area (Å²) >= 11 is 0. The SMILES string of the molecule is CCOP(=O)(COCCCN1C(=O)N(Cc2ccc3c(c2)c(N(B2CO2)B2CO2)nn3B(C)O)[C@H](Cc2ccccc2)[C@@]2(O)OC(C)(C)O[C@]2(O)[C@H]1Cc1ccccc1)OCC. The van der Waals surface area contributed by atoms with E-state index >= 15 is 4.79 Å². The molecule has 1 aromatic heterocycles. The zero-order valence-corrected chi connectivity index (χ0v) is 36.8. The average molecular weight is 873 g/mol. The van der Waals surface area contributed by atoms with E-state index in [9.17, 15) is 19.8 Å². The molecule has 330 valence electrons. The minimum absolute atomic E-state index is 0.0371. The van der Waals surface area contributed by atoms with Gasteiger partial charge in [0.2, 0.25) is 11.6 Å². The number of aliphatic hydroxyl groups is 2. The molecule has 4 aromatic rings. The molecule has 3 aromatic carbocycles. The van der Waals surface area contributed by atoms with Crippen molar-refractivity contribution in [3.8, 4) is 0 Å². The molecular formula is C41H55B3N5O12P. The van der Waals surface area contributed by atoms with Gasteiger partial charge in [0.25, 0.3) is 0 Å². The minimum Gasteiger partial charge on any atom is -0.431 e. The molecule has 21 heteroatoms. The Morgan fingerprint density at radius 2 is 1.42 bits per heavy atom. The first-order valence-electron chi connectivity index (χ1n) is 21.4. The molecule has 62 heavy (non-hydrogen) atoms. The molecule has 5 heterocycles. The van der Waals surface area contributed by atoms with Gasteiger partial charge >= 0.3 is 34.8 Å². The van der Waals surface area contributed by atoms with Crippen LogP contribution < -0.4 is 4.72 Å². The number of hydrogen-bond acceptors (Lipinski definition) is 14. The van der Waals surface area contributed by atoms with Gasteiger partial charge < -0.3 is 62.3 Å². The molecule has 3 N–H and O–H groups in total. The lowest BCUT2D eigenvalue weighted by Crippen LogP contribution is -2.68. The van der Waals surface area contributed by atoms with Crippen LogP contribution in [0.3, 0.4) is 0 Å². The quantitative estimate of drug-likeness (QED) is 0.0496. The normalized spacial score (nSPS) is 24.4. The third kappa shape index (κ3) is 9.11. The number of carbonyl (C=O) groups is 1. The largest absolute Gasteiger partial charge is 0.431 e. The van der Waals surface area contributed by atoms with E-state index in [1.165, 1.54) is 9.49 Å². The predicted molar refractivity (Wildman–Crippen MR) is 233 cm³/mol. The number of urea groups is 1. The summed E-state index contributed by atoms with van der Waals surface area (Å²) in [5, 5.41) is 42.7. The van der Waals surface area contributed by atoms with Gasteiger partial charge in [-0.3, -0.25) is 9.16 Å². The van der Waals surface area contributed by atoms with Crippen molar-refractivity contribution in [1.29, 1.82) is 0 Å². The smallest absolute Gasteiger partial charge is 0.431 e. The maximum Gasteiger partial charge on any atom is 0.431 e. The van der Waals surface area contributed by atoms with Gasteiger partial charge in [-0.25, -0.2) is 4.79 Å². The molecule has 0 radical (unpaired) electrons. The van der Waals surface area contributed by atoms with Crippen LogP contribution in [0.15, 0.2) is 78.9 Å². The fraction of sp³-hybridized carbons (Fsp3) is 0.512. The number of aromatic nitrogens is 2. The van der Waals surface area contributed by atoms with E-state index in [1.54, 1.807) is 39.4 Å². The maximum absolute atomic E-state index is 15.7. The Labute approximate surface area is 363 Å². The number of anilines is 1. The van der Waals surface area contributed by atoms with Crippen molar-refractivity contribution >= 4 is 51.5 Å². The van der Waals surface area contributed by atoms with Crippen LogP contribution in [0.4, 0.5) is 10.6 Å². The second kappa shape index (κ2) is 18.0. The summed E-state index contributed by atoms with van der Waals surface area (Å²) in [5.41, 5.74) is 2.92. The third-order valence-electron chi connectivity index (χ3n) is 11.6. The summed E-state index contributed by atoms with van der Waals surface area (Å²) in [6.07, 6.45) is 0.158. The van der Waals surface area contributed by atoms with Crippen LogP contribution in [-0.2, 0) is 56.5 Å². The Morgan fingerprint density at radius 1 is 0.871 bits per heavy atom. The molecule has 8 rings (SSSR count). The molecule has 0 spiro atoms. The van der Waals surface area contributed by atoms with E-state index in [0.29, 0.717) is 35.3 Å². The van der Waals surface area contributed by atoms with Crippen molar-refractivity contribution < 1.29 is 57.2 Å². The van der Waals surface area contributed by atoms with Gasteiger partial charge in [-0.1, -0.05) is 66.7 Å². The van der Waals surface area contributed by atoms with Gasteiger partial charge in [0.15, 0.2) is 5.79 Å². The zero-order valence-electron chi connectivity index (χ0n) is 35.9. The number of carbonyl (C=O) groups excluding carboxylic acids is 1. The number of hydrogen-bond donors (Lipinski definition) is 3. The summed E-state index contributed by atoms with van der Waals surface area (Å²) in [5.74, 6) is -5.84. The van der Waals surface area contributed by atoms with E-state index in [-0.39, 0.29) is 72.6 Å². The van der Waals surface area contributed by atoms with E-state index in [4.69, 9.17) is 37.7 Å². The number of fused-ring (bicyclic) bond motifs is 2. The van der Waals surface area contributed by atoms with Crippen LogP contribution >= 0.6 is 7.60 Å². The lowest BCUT2D eigenvalue weighted by molar-refractivity contribution is -0.324. The number of amides is 2. The Morgan fingerprint density at radius 3 is 1.94 bits per heavy atom. The number of rotatable bonds is 20. The Hall–Kier alpha value is -3.78. The lowest BCUT2D eigenvalue weighted by atomic mass is 9.76. The number of ether oxygens (including phenoxy) is 3. The van der Waals surface area contributed by atoms with Gasteiger partial charge in [-0.15, -0.1) is 0 Å². The van der Waals surface area contributed by atoms with Gasteiger partial charge in [-0.2, -0.15) is 5.10 Å². The molecule has 0 unspecified atom stereocenters. The average Bonchev–Trinajstić information content (AvgIpc) is 4.18. The van der Waals surface area contributed by atoms with Crippen molar-refractivity contribution in [2.45, 2.75) is 89.8 Å². The lowest BCUT2D eigenvalue weighted by Gasteiger charge is -2.43. The van der Waals surface area contributed by atoms with Gasteiger partial charge in [0.05, 0.1) is 43.8 Å². The second-order valence-corrected chi connectivity index (χ2v) is 18.6.